The topological polar surface area (TPSA) is 92.8 Å². The van der Waals surface area contributed by atoms with Gasteiger partial charge in [-0.15, -0.1) is 0 Å². The van der Waals surface area contributed by atoms with E-state index < -0.39 is 0 Å². The van der Waals surface area contributed by atoms with Gasteiger partial charge in [-0.25, -0.2) is 4.98 Å². The first-order valence-electron chi connectivity index (χ1n) is 6.30. The molecule has 98 valence electrons. The average molecular weight is 247 g/mol. The summed E-state index contributed by atoms with van der Waals surface area (Å²) in [6.45, 7) is 4.16. The minimum Gasteiger partial charge on any atom is -0.342 e. The Labute approximate surface area is 107 Å². The molecule has 5 nitrogen and oxygen atoms in total. The molecule has 1 aromatic heterocycles. The van der Waals surface area contributed by atoms with Crippen molar-refractivity contribution in [3.63, 3.8) is 0 Å². The van der Waals surface area contributed by atoms with E-state index in [0.717, 1.165) is 36.4 Å². The van der Waals surface area contributed by atoms with Gasteiger partial charge in [-0.1, -0.05) is 6.07 Å². The van der Waals surface area contributed by atoms with Gasteiger partial charge in [0.05, 0.1) is 11.0 Å². The highest BCUT2D eigenvalue weighted by Gasteiger charge is 2.01. The number of fused-ring (bicyclic) bond motifs is 1. The number of benzene rings is 1. The molecule has 6 N–H and O–H groups in total. The summed E-state index contributed by atoms with van der Waals surface area (Å²) in [7, 11) is 0. The maximum atomic E-state index is 5.73. The van der Waals surface area contributed by atoms with Crippen molar-refractivity contribution in [1.82, 2.24) is 15.3 Å². The van der Waals surface area contributed by atoms with E-state index in [9.17, 15) is 0 Å². The second kappa shape index (κ2) is 5.95. The maximum Gasteiger partial charge on any atom is 0.104 e. The zero-order chi connectivity index (χ0) is 13.0. The first-order valence-corrected chi connectivity index (χ1v) is 6.30. The number of rotatable bonds is 6. The van der Waals surface area contributed by atoms with E-state index in [1.165, 1.54) is 5.56 Å². The van der Waals surface area contributed by atoms with Gasteiger partial charge in [0.2, 0.25) is 0 Å². The van der Waals surface area contributed by atoms with E-state index in [-0.39, 0.29) is 6.04 Å². The van der Waals surface area contributed by atoms with Crippen LogP contribution in [0.1, 0.15) is 11.4 Å². The van der Waals surface area contributed by atoms with Crippen molar-refractivity contribution in [2.75, 3.05) is 19.6 Å². The monoisotopic (exact) mass is 247 g/mol. The standard InChI is InChI=1S/C13H21N5/c1-9-17-12-3-2-10(6-13(12)18-9)4-5-16-8-11(15)7-14/h2-3,6,11,16H,4-5,7-8,14-15H2,1H3,(H,17,18). The van der Waals surface area contributed by atoms with Crippen LogP contribution in [0.15, 0.2) is 18.2 Å². The number of aryl methyl sites for hydroxylation is 1. The number of hydrogen-bond acceptors (Lipinski definition) is 4. The predicted molar refractivity (Wildman–Crippen MR) is 74.4 cm³/mol. The van der Waals surface area contributed by atoms with Gasteiger partial charge in [-0.2, -0.15) is 0 Å². The summed E-state index contributed by atoms with van der Waals surface area (Å²) in [5.74, 6) is 0.953. The molecule has 0 saturated carbocycles. The van der Waals surface area contributed by atoms with Crippen LogP contribution >= 0.6 is 0 Å². The Bertz CT molecular complexity index is 505. The molecule has 0 bridgehead atoms. The molecule has 1 heterocycles. The summed E-state index contributed by atoms with van der Waals surface area (Å²) in [4.78, 5) is 7.63. The predicted octanol–water partition coefficient (Wildman–Crippen LogP) is 0.289. The number of nitrogens with one attached hydrogen (secondary N) is 2. The minimum absolute atomic E-state index is 0.0442. The maximum absolute atomic E-state index is 5.73. The number of nitrogens with zero attached hydrogens (tertiary/aromatic N) is 1. The van der Waals surface area contributed by atoms with Gasteiger partial charge in [-0.3, -0.25) is 0 Å². The summed E-state index contributed by atoms with van der Waals surface area (Å²) in [5, 5.41) is 3.31. The molecule has 0 saturated heterocycles. The van der Waals surface area contributed by atoms with Crippen LogP contribution < -0.4 is 16.8 Å². The molecule has 1 aromatic carbocycles. The molecule has 2 rings (SSSR count). The molecule has 0 aliphatic heterocycles. The first-order chi connectivity index (χ1) is 8.69. The van der Waals surface area contributed by atoms with Crippen LogP contribution in [0.4, 0.5) is 0 Å². The quantitative estimate of drug-likeness (QED) is 0.552. The van der Waals surface area contributed by atoms with E-state index in [1.807, 2.05) is 6.92 Å². The van der Waals surface area contributed by atoms with Crippen LogP contribution in [-0.2, 0) is 6.42 Å². The Hall–Kier alpha value is -1.43. The number of aromatic amines is 1. The Morgan fingerprint density at radius 3 is 3.06 bits per heavy atom. The van der Waals surface area contributed by atoms with Gasteiger partial charge in [0.1, 0.15) is 5.82 Å². The molecular weight excluding hydrogens is 226 g/mol. The average Bonchev–Trinajstić information content (AvgIpc) is 2.73. The van der Waals surface area contributed by atoms with Crippen molar-refractivity contribution in [2.45, 2.75) is 19.4 Å². The molecule has 0 fully saturated rings. The molecular formula is C13H21N5. The highest BCUT2D eigenvalue weighted by Crippen LogP contribution is 2.13. The third kappa shape index (κ3) is 3.29. The number of nitrogens with two attached hydrogens (primary N) is 2. The van der Waals surface area contributed by atoms with Gasteiger partial charge in [0.15, 0.2) is 0 Å². The van der Waals surface area contributed by atoms with Gasteiger partial charge in [-0.05, 0) is 37.6 Å². The Morgan fingerprint density at radius 2 is 2.28 bits per heavy atom. The van der Waals surface area contributed by atoms with E-state index in [2.05, 4.69) is 33.5 Å². The van der Waals surface area contributed by atoms with Gasteiger partial charge < -0.3 is 21.8 Å². The van der Waals surface area contributed by atoms with Crippen molar-refractivity contribution < 1.29 is 0 Å². The van der Waals surface area contributed by atoms with Crippen molar-refractivity contribution in [3.05, 3.63) is 29.6 Å². The lowest BCUT2D eigenvalue weighted by molar-refractivity contribution is 0.583. The van der Waals surface area contributed by atoms with Gasteiger partial charge >= 0.3 is 0 Å². The van der Waals surface area contributed by atoms with Crippen LogP contribution in [0.2, 0.25) is 0 Å². The first kappa shape index (κ1) is 13.0. The number of H-pyrrole nitrogens is 1. The fourth-order valence-electron chi connectivity index (χ4n) is 1.94. The third-order valence-corrected chi connectivity index (χ3v) is 2.96. The molecule has 0 aliphatic rings. The highest BCUT2D eigenvalue weighted by molar-refractivity contribution is 5.75. The lowest BCUT2D eigenvalue weighted by Crippen LogP contribution is -2.40. The van der Waals surface area contributed by atoms with Crippen molar-refractivity contribution >= 4 is 11.0 Å². The summed E-state index contributed by atoms with van der Waals surface area (Å²) in [6.07, 6.45) is 0.977. The molecule has 18 heavy (non-hydrogen) atoms. The van der Waals surface area contributed by atoms with Crippen molar-refractivity contribution in [1.29, 1.82) is 0 Å². The molecule has 0 aliphatic carbocycles. The van der Waals surface area contributed by atoms with Crippen LogP contribution in [0.5, 0.6) is 0 Å². The number of aromatic nitrogens is 2. The van der Waals surface area contributed by atoms with E-state index in [4.69, 9.17) is 11.5 Å². The van der Waals surface area contributed by atoms with Crippen molar-refractivity contribution in [3.8, 4) is 0 Å². The molecule has 0 amide bonds. The third-order valence-electron chi connectivity index (χ3n) is 2.96. The Morgan fingerprint density at radius 1 is 1.44 bits per heavy atom. The minimum atomic E-state index is 0.0442. The Balaban J connectivity index is 1.87. The summed E-state index contributed by atoms with van der Waals surface area (Å²) < 4.78 is 0. The molecule has 1 unspecified atom stereocenters. The second-order valence-electron chi connectivity index (χ2n) is 4.62. The number of hydrogen-bond donors (Lipinski definition) is 4. The SMILES string of the molecule is Cc1nc2ccc(CCNCC(N)CN)cc2[nH]1. The van der Waals surface area contributed by atoms with Gasteiger partial charge in [0, 0.05) is 19.1 Å². The lowest BCUT2D eigenvalue weighted by Gasteiger charge is -2.09. The lowest BCUT2D eigenvalue weighted by atomic mass is 10.1. The molecule has 1 atom stereocenters. The summed E-state index contributed by atoms with van der Waals surface area (Å²) in [6, 6.07) is 6.37. The van der Waals surface area contributed by atoms with E-state index in [1.54, 1.807) is 0 Å². The van der Waals surface area contributed by atoms with Crippen LogP contribution in [0, 0.1) is 6.92 Å². The molecule has 2 aromatic rings. The zero-order valence-corrected chi connectivity index (χ0v) is 10.7. The molecule has 0 spiro atoms. The van der Waals surface area contributed by atoms with Crippen LogP contribution in [0.3, 0.4) is 0 Å². The normalized spacial score (nSPS) is 13.1. The fraction of sp³-hybridized carbons (Fsp3) is 0.462. The highest BCUT2D eigenvalue weighted by atomic mass is 14.9. The van der Waals surface area contributed by atoms with E-state index in [0.29, 0.717) is 6.54 Å². The largest absolute Gasteiger partial charge is 0.342 e. The molecule has 0 radical (unpaired) electrons. The fourth-order valence-corrected chi connectivity index (χ4v) is 1.94. The summed E-state index contributed by atoms with van der Waals surface area (Å²) in [5.41, 5.74) is 14.6. The molecule has 5 heteroatoms. The van der Waals surface area contributed by atoms with Crippen LogP contribution in [-0.4, -0.2) is 35.6 Å². The van der Waals surface area contributed by atoms with Gasteiger partial charge in [0.25, 0.3) is 0 Å². The second-order valence-corrected chi connectivity index (χ2v) is 4.62. The summed E-state index contributed by atoms with van der Waals surface area (Å²) >= 11 is 0. The van der Waals surface area contributed by atoms with Crippen LogP contribution in [0.25, 0.3) is 11.0 Å². The number of imidazole rings is 1. The Kier molecular flexibility index (Phi) is 4.30. The zero-order valence-electron chi connectivity index (χ0n) is 10.7. The van der Waals surface area contributed by atoms with Crippen molar-refractivity contribution in [2.24, 2.45) is 11.5 Å². The van der Waals surface area contributed by atoms with E-state index >= 15 is 0 Å². The smallest absolute Gasteiger partial charge is 0.104 e.